The van der Waals surface area contributed by atoms with Gasteiger partial charge in [-0.1, -0.05) is 57.5 Å². The zero-order valence-corrected chi connectivity index (χ0v) is 21.8. The number of aliphatic hydroxyl groups is 1. The Morgan fingerprint density at radius 3 is 1.71 bits per heavy atom. The van der Waals surface area contributed by atoms with Crippen LogP contribution >= 0.6 is 11.6 Å². The van der Waals surface area contributed by atoms with Crippen molar-refractivity contribution in [1.29, 1.82) is 0 Å². The fourth-order valence-electron chi connectivity index (χ4n) is 3.69. The van der Waals surface area contributed by atoms with Gasteiger partial charge in [0.15, 0.2) is 0 Å². The molecular weight excluding hydrogens is 454 g/mol. The number of benzene rings is 3. The van der Waals surface area contributed by atoms with Crippen molar-refractivity contribution in [1.82, 2.24) is 0 Å². The molecule has 0 heterocycles. The molecule has 3 rings (SSSR count). The SMILES string of the molecule is Cc1cc(F)ccc1[C@@H](O)C(C)C.Cc1ccc(O[C@H](c2ccc(F)cc2C)C(C)C)c(Cl)c1. The van der Waals surface area contributed by atoms with Crippen molar-refractivity contribution in [2.24, 2.45) is 11.8 Å². The van der Waals surface area contributed by atoms with Gasteiger partial charge >= 0.3 is 0 Å². The van der Waals surface area contributed by atoms with Gasteiger partial charge in [-0.2, -0.15) is 0 Å². The molecule has 0 spiro atoms. The van der Waals surface area contributed by atoms with Crippen molar-refractivity contribution in [2.75, 3.05) is 0 Å². The number of ether oxygens (including phenoxy) is 1. The van der Waals surface area contributed by atoms with E-state index < -0.39 is 6.10 Å². The van der Waals surface area contributed by atoms with E-state index in [4.69, 9.17) is 16.3 Å². The van der Waals surface area contributed by atoms with Crippen molar-refractivity contribution in [3.05, 3.63) is 99.1 Å². The van der Waals surface area contributed by atoms with Crippen molar-refractivity contribution in [3.63, 3.8) is 0 Å². The quantitative estimate of drug-likeness (QED) is 0.376. The highest BCUT2D eigenvalue weighted by atomic mass is 35.5. The van der Waals surface area contributed by atoms with Crippen LogP contribution in [0.3, 0.4) is 0 Å². The summed E-state index contributed by atoms with van der Waals surface area (Å²) in [5.74, 6) is 0.574. The maximum atomic E-state index is 13.3. The monoisotopic (exact) mass is 488 g/mol. The van der Waals surface area contributed by atoms with Crippen LogP contribution in [0.5, 0.6) is 5.75 Å². The van der Waals surface area contributed by atoms with Crippen LogP contribution in [0.1, 0.15) is 67.7 Å². The molecule has 0 bridgehead atoms. The van der Waals surface area contributed by atoms with Crippen molar-refractivity contribution >= 4 is 11.6 Å². The Bertz CT molecular complexity index is 1100. The minimum Gasteiger partial charge on any atom is -0.484 e. The lowest BCUT2D eigenvalue weighted by Crippen LogP contribution is -2.16. The molecule has 0 aromatic heterocycles. The molecule has 184 valence electrons. The van der Waals surface area contributed by atoms with E-state index in [0.29, 0.717) is 10.8 Å². The van der Waals surface area contributed by atoms with E-state index in [0.717, 1.165) is 27.8 Å². The molecule has 0 aliphatic rings. The molecule has 2 atom stereocenters. The van der Waals surface area contributed by atoms with Crippen molar-refractivity contribution < 1.29 is 18.6 Å². The number of aliphatic hydroxyl groups excluding tert-OH is 1. The number of hydrogen-bond acceptors (Lipinski definition) is 2. The van der Waals surface area contributed by atoms with Gasteiger partial charge in [0.2, 0.25) is 0 Å². The summed E-state index contributed by atoms with van der Waals surface area (Å²) in [6.07, 6.45) is -0.661. The summed E-state index contributed by atoms with van der Waals surface area (Å²) in [6.45, 7) is 13.7. The van der Waals surface area contributed by atoms with Crippen LogP contribution < -0.4 is 4.74 Å². The summed E-state index contributed by atoms with van der Waals surface area (Å²) in [4.78, 5) is 0. The predicted molar refractivity (Wildman–Crippen MR) is 136 cm³/mol. The van der Waals surface area contributed by atoms with Crippen LogP contribution in [-0.2, 0) is 0 Å². The maximum absolute atomic E-state index is 13.3. The molecule has 0 saturated heterocycles. The van der Waals surface area contributed by atoms with Gasteiger partial charge in [0.25, 0.3) is 0 Å². The van der Waals surface area contributed by atoms with Crippen molar-refractivity contribution in [2.45, 2.75) is 60.7 Å². The van der Waals surface area contributed by atoms with Gasteiger partial charge in [-0.15, -0.1) is 0 Å². The third-order valence-electron chi connectivity index (χ3n) is 5.67. The van der Waals surface area contributed by atoms with Gasteiger partial charge in [0.05, 0.1) is 11.1 Å². The highest BCUT2D eigenvalue weighted by Gasteiger charge is 2.21. The van der Waals surface area contributed by atoms with Gasteiger partial charge in [0.1, 0.15) is 23.5 Å². The summed E-state index contributed by atoms with van der Waals surface area (Å²) in [5.41, 5.74) is 4.59. The summed E-state index contributed by atoms with van der Waals surface area (Å²) in [5, 5.41) is 10.3. The van der Waals surface area contributed by atoms with Gasteiger partial charge < -0.3 is 9.84 Å². The third kappa shape index (κ3) is 7.54. The van der Waals surface area contributed by atoms with E-state index in [1.54, 1.807) is 12.1 Å². The lowest BCUT2D eigenvalue weighted by molar-refractivity contribution is 0.126. The highest BCUT2D eigenvalue weighted by molar-refractivity contribution is 6.32. The summed E-state index contributed by atoms with van der Waals surface area (Å²) in [6, 6.07) is 15.0. The smallest absolute Gasteiger partial charge is 0.138 e. The molecule has 0 saturated carbocycles. The van der Waals surface area contributed by atoms with Crippen LogP contribution in [-0.4, -0.2) is 5.11 Å². The number of halogens is 3. The molecule has 3 aromatic carbocycles. The number of aryl methyl sites for hydroxylation is 3. The summed E-state index contributed by atoms with van der Waals surface area (Å²) >= 11 is 6.25. The first-order valence-corrected chi connectivity index (χ1v) is 11.9. The molecule has 0 unspecified atom stereocenters. The van der Waals surface area contributed by atoms with E-state index in [9.17, 15) is 13.9 Å². The van der Waals surface area contributed by atoms with Crippen molar-refractivity contribution in [3.8, 4) is 5.75 Å². The van der Waals surface area contributed by atoms with Gasteiger partial charge in [-0.05, 0) is 96.8 Å². The molecule has 0 radical (unpaired) electrons. The standard InChI is InChI=1S/C18H20ClFO.C11H15FO/c1-11(2)18(15-7-6-14(20)10-13(15)4)21-17-8-5-12(3)9-16(17)19;1-7(2)11(13)10-5-4-9(12)6-8(10)3/h5-11,18H,1-4H3;4-7,11,13H,1-3H3/t18-;11-/m00/s1. The molecule has 0 amide bonds. The van der Waals surface area contributed by atoms with E-state index in [-0.39, 0.29) is 29.6 Å². The second-order valence-electron chi connectivity index (χ2n) is 9.41. The molecule has 0 fully saturated rings. The first kappa shape index (κ1) is 27.8. The molecular formula is C29H35ClF2O2. The Balaban J connectivity index is 0.000000270. The van der Waals surface area contributed by atoms with E-state index in [1.807, 2.05) is 52.8 Å². The molecule has 1 N–H and O–H groups in total. The predicted octanol–water partition coefficient (Wildman–Crippen LogP) is 8.70. The molecule has 2 nitrogen and oxygen atoms in total. The molecule has 3 aromatic rings. The number of hydrogen-bond donors (Lipinski definition) is 1. The Hall–Kier alpha value is -2.43. The molecule has 0 aliphatic carbocycles. The second kappa shape index (κ2) is 12.3. The van der Waals surface area contributed by atoms with Gasteiger partial charge in [-0.3, -0.25) is 0 Å². The lowest BCUT2D eigenvalue weighted by atomic mass is 9.95. The fraction of sp³-hybridized carbons (Fsp3) is 0.379. The van der Waals surface area contributed by atoms with Crippen LogP contribution in [0.4, 0.5) is 8.78 Å². The fourth-order valence-corrected chi connectivity index (χ4v) is 3.96. The summed E-state index contributed by atoms with van der Waals surface area (Å²) in [7, 11) is 0. The van der Waals surface area contributed by atoms with Crippen LogP contribution in [0, 0.1) is 44.2 Å². The minimum atomic E-state index is -0.499. The second-order valence-corrected chi connectivity index (χ2v) is 9.81. The molecule has 0 aliphatic heterocycles. The minimum absolute atomic E-state index is 0.157. The van der Waals surface area contributed by atoms with Crippen LogP contribution in [0.15, 0.2) is 54.6 Å². The topological polar surface area (TPSA) is 29.5 Å². The lowest BCUT2D eigenvalue weighted by Gasteiger charge is -2.25. The van der Waals surface area contributed by atoms with Gasteiger partial charge in [0, 0.05) is 0 Å². The Labute approximate surface area is 207 Å². The average molecular weight is 489 g/mol. The molecule has 34 heavy (non-hydrogen) atoms. The first-order valence-electron chi connectivity index (χ1n) is 11.5. The number of rotatable bonds is 6. The Morgan fingerprint density at radius 1 is 0.735 bits per heavy atom. The summed E-state index contributed by atoms with van der Waals surface area (Å²) < 4.78 is 32.1. The largest absolute Gasteiger partial charge is 0.484 e. The Kier molecular flexibility index (Phi) is 10.1. The Morgan fingerprint density at radius 2 is 1.26 bits per heavy atom. The zero-order chi connectivity index (χ0) is 25.6. The average Bonchev–Trinajstić information content (AvgIpc) is 2.73. The highest BCUT2D eigenvalue weighted by Crippen LogP contribution is 2.34. The van der Waals surface area contributed by atoms with E-state index >= 15 is 0 Å². The maximum Gasteiger partial charge on any atom is 0.138 e. The van der Waals surface area contributed by atoms with Crippen LogP contribution in [0.2, 0.25) is 5.02 Å². The molecule has 5 heteroatoms. The van der Waals surface area contributed by atoms with Crippen LogP contribution in [0.25, 0.3) is 0 Å². The van der Waals surface area contributed by atoms with E-state index in [2.05, 4.69) is 13.8 Å². The first-order chi connectivity index (χ1) is 15.9. The zero-order valence-electron chi connectivity index (χ0n) is 21.0. The third-order valence-corrected chi connectivity index (χ3v) is 5.96. The normalized spacial score (nSPS) is 12.9. The van der Waals surface area contributed by atoms with Gasteiger partial charge in [-0.25, -0.2) is 8.78 Å². The van der Waals surface area contributed by atoms with E-state index in [1.165, 1.54) is 24.3 Å².